The molecule has 0 atom stereocenters. The first-order valence-corrected chi connectivity index (χ1v) is 10.4. The normalized spacial score (nSPS) is 14.1. The van der Waals surface area contributed by atoms with Crippen LogP contribution in [0.3, 0.4) is 0 Å². The maximum absolute atomic E-state index is 6.26. The Labute approximate surface area is 184 Å². The van der Waals surface area contributed by atoms with E-state index in [1.807, 2.05) is 18.6 Å². The number of aromatic amines is 1. The Balaban J connectivity index is 1.63. The van der Waals surface area contributed by atoms with Gasteiger partial charge in [-0.1, -0.05) is 55.0 Å². The molecule has 1 aliphatic heterocycles. The van der Waals surface area contributed by atoms with Crippen molar-refractivity contribution in [3.63, 3.8) is 0 Å². The van der Waals surface area contributed by atoms with Crippen LogP contribution >= 0.6 is 23.2 Å². The van der Waals surface area contributed by atoms with Crippen molar-refractivity contribution in [2.45, 2.75) is 19.3 Å². The number of rotatable bonds is 1. The molecule has 4 nitrogen and oxygen atoms in total. The zero-order valence-electron chi connectivity index (χ0n) is 16.5. The van der Waals surface area contributed by atoms with Crippen molar-refractivity contribution in [1.82, 2.24) is 15.0 Å². The van der Waals surface area contributed by atoms with E-state index in [2.05, 4.69) is 58.1 Å². The first-order chi connectivity index (χ1) is 14.4. The molecule has 5 rings (SSSR count). The topological polar surface area (TPSA) is 53.6 Å². The maximum Gasteiger partial charge on any atom is 0.138 e. The molecule has 0 radical (unpaired) electrons. The first-order valence-electron chi connectivity index (χ1n) is 9.61. The third-order valence-electron chi connectivity index (χ3n) is 5.45. The highest BCUT2D eigenvalue weighted by molar-refractivity contribution is 6.36. The van der Waals surface area contributed by atoms with Crippen LogP contribution in [0.2, 0.25) is 10.0 Å². The van der Waals surface area contributed by atoms with E-state index in [4.69, 9.17) is 23.2 Å². The predicted molar refractivity (Wildman–Crippen MR) is 123 cm³/mol. The van der Waals surface area contributed by atoms with E-state index in [1.54, 1.807) is 18.2 Å². The summed E-state index contributed by atoms with van der Waals surface area (Å²) in [5.74, 6) is 7.25. The highest BCUT2D eigenvalue weighted by atomic mass is 35.5. The van der Waals surface area contributed by atoms with E-state index in [9.17, 15) is 0 Å². The Hall–Kier alpha value is -3.00. The van der Waals surface area contributed by atoms with E-state index in [1.165, 1.54) is 5.56 Å². The smallest absolute Gasteiger partial charge is 0.138 e. The van der Waals surface area contributed by atoms with Gasteiger partial charge >= 0.3 is 0 Å². The molecule has 4 aromatic rings. The first kappa shape index (κ1) is 19.0. The molecule has 6 heteroatoms. The van der Waals surface area contributed by atoms with Gasteiger partial charge in [0.15, 0.2) is 0 Å². The van der Waals surface area contributed by atoms with Crippen LogP contribution in [-0.4, -0.2) is 21.5 Å². The second-order valence-electron chi connectivity index (χ2n) is 7.99. The highest BCUT2D eigenvalue weighted by Crippen LogP contribution is 2.41. The molecule has 1 aliphatic rings. The predicted octanol–water partition coefficient (Wildman–Crippen LogP) is 6.03. The zero-order valence-corrected chi connectivity index (χ0v) is 18.0. The second kappa shape index (κ2) is 7.05. The molecule has 30 heavy (non-hydrogen) atoms. The Bertz CT molecular complexity index is 1340. The van der Waals surface area contributed by atoms with Crippen molar-refractivity contribution in [2.24, 2.45) is 0 Å². The number of benzene rings is 1. The lowest BCUT2D eigenvalue weighted by atomic mass is 9.83. The summed E-state index contributed by atoms with van der Waals surface area (Å²) in [4.78, 5) is 12.3. The summed E-state index contributed by atoms with van der Waals surface area (Å²) in [7, 11) is 0. The van der Waals surface area contributed by atoms with Gasteiger partial charge in [-0.05, 0) is 29.8 Å². The van der Waals surface area contributed by atoms with Crippen LogP contribution in [0.5, 0.6) is 0 Å². The molecule has 1 aromatic carbocycles. The van der Waals surface area contributed by atoms with Crippen molar-refractivity contribution in [2.75, 3.05) is 11.9 Å². The van der Waals surface area contributed by atoms with Gasteiger partial charge in [-0.2, -0.15) is 0 Å². The summed E-state index contributed by atoms with van der Waals surface area (Å²) in [5.41, 5.74) is 5.65. The van der Waals surface area contributed by atoms with Gasteiger partial charge < -0.3 is 10.3 Å². The van der Waals surface area contributed by atoms with Crippen LogP contribution in [0.4, 0.5) is 5.82 Å². The van der Waals surface area contributed by atoms with Crippen LogP contribution in [-0.2, 0) is 5.41 Å². The van der Waals surface area contributed by atoms with Crippen molar-refractivity contribution in [1.29, 1.82) is 0 Å². The Morgan fingerprint density at radius 2 is 1.87 bits per heavy atom. The fourth-order valence-electron chi connectivity index (χ4n) is 3.92. The monoisotopic (exact) mass is 432 g/mol. The van der Waals surface area contributed by atoms with Crippen LogP contribution in [0.15, 0.2) is 48.9 Å². The third kappa shape index (κ3) is 3.11. The highest BCUT2D eigenvalue weighted by Gasteiger charge is 2.33. The number of nitrogens with one attached hydrogen (secondary N) is 2. The van der Waals surface area contributed by atoms with Crippen molar-refractivity contribution in [3.05, 3.63) is 75.7 Å². The molecular formula is C24H18Cl2N4. The molecule has 3 aromatic heterocycles. The Morgan fingerprint density at radius 3 is 2.67 bits per heavy atom. The molecule has 0 spiro atoms. The number of H-pyrrole nitrogens is 1. The molecule has 0 bridgehead atoms. The quantitative estimate of drug-likeness (QED) is 0.360. The minimum absolute atomic E-state index is 0.00449. The standard InChI is InChI=1S/C24H18Cl2N4/c1-24(2)13-30-23-21(24)16(8-9-27-23)15-10-18-14(11-28-22(18)29-12-15)6-7-17-19(25)4-3-5-20(17)26/h3-5,8-12H,13H2,1-2H3,(H,27,30)(H,28,29). The lowest BCUT2D eigenvalue weighted by molar-refractivity contribution is 0.587. The molecule has 0 aliphatic carbocycles. The van der Waals surface area contributed by atoms with Crippen molar-refractivity contribution >= 4 is 40.1 Å². The summed E-state index contributed by atoms with van der Waals surface area (Å²) in [6.45, 7) is 5.31. The lowest BCUT2D eigenvalue weighted by Crippen LogP contribution is -2.19. The molecule has 0 unspecified atom stereocenters. The molecule has 0 saturated carbocycles. The van der Waals surface area contributed by atoms with Gasteiger partial charge in [-0.3, -0.25) is 0 Å². The number of hydrogen-bond acceptors (Lipinski definition) is 3. The van der Waals surface area contributed by atoms with Crippen LogP contribution < -0.4 is 5.32 Å². The maximum atomic E-state index is 6.26. The lowest BCUT2D eigenvalue weighted by Gasteiger charge is -2.20. The van der Waals surface area contributed by atoms with Gasteiger partial charge in [0.25, 0.3) is 0 Å². The summed E-state index contributed by atoms with van der Waals surface area (Å²) >= 11 is 12.5. The summed E-state index contributed by atoms with van der Waals surface area (Å²) in [5, 5.41) is 5.44. The van der Waals surface area contributed by atoms with E-state index in [0.717, 1.165) is 40.1 Å². The minimum Gasteiger partial charge on any atom is -0.369 e. The van der Waals surface area contributed by atoms with Crippen LogP contribution in [0.1, 0.15) is 30.5 Å². The number of fused-ring (bicyclic) bond motifs is 2. The Morgan fingerprint density at radius 1 is 1.07 bits per heavy atom. The molecular weight excluding hydrogens is 415 g/mol. The van der Waals surface area contributed by atoms with E-state index >= 15 is 0 Å². The average Bonchev–Trinajstić information content (AvgIpc) is 3.28. The molecule has 2 N–H and O–H groups in total. The molecule has 148 valence electrons. The summed E-state index contributed by atoms with van der Waals surface area (Å²) in [6, 6.07) is 9.55. The largest absolute Gasteiger partial charge is 0.369 e. The minimum atomic E-state index is -0.00449. The Kier molecular flexibility index (Phi) is 4.47. The number of anilines is 1. The third-order valence-corrected chi connectivity index (χ3v) is 6.08. The average molecular weight is 433 g/mol. The SMILES string of the molecule is CC1(C)CNc2nccc(-c3cnc4[nH]cc(C#Cc5c(Cl)cccc5Cl)c4c3)c21. The molecule has 4 heterocycles. The van der Waals surface area contributed by atoms with Crippen LogP contribution in [0, 0.1) is 11.8 Å². The fraction of sp³-hybridized carbons (Fsp3) is 0.167. The number of nitrogens with zero attached hydrogens (tertiary/aromatic N) is 2. The van der Waals surface area contributed by atoms with Gasteiger partial charge in [0.05, 0.1) is 21.2 Å². The van der Waals surface area contributed by atoms with Gasteiger partial charge in [0.1, 0.15) is 11.5 Å². The number of hydrogen-bond donors (Lipinski definition) is 2. The molecule has 0 saturated heterocycles. The van der Waals surface area contributed by atoms with Gasteiger partial charge in [-0.15, -0.1) is 0 Å². The van der Waals surface area contributed by atoms with E-state index < -0.39 is 0 Å². The fourth-order valence-corrected chi connectivity index (χ4v) is 4.41. The van der Waals surface area contributed by atoms with E-state index in [-0.39, 0.29) is 5.41 Å². The molecule has 0 fully saturated rings. The molecule has 0 amide bonds. The van der Waals surface area contributed by atoms with Gasteiger partial charge in [0, 0.05) is 47.1 Å². The van der Waals surface area contributed by atoms with Gasteiger partial charge in [-0.25, -0.2) is 9.97 Å². The van der Waals surface area contributed by atoms with Crippen molar-refractivity contribution < 1.29 is 0 Å². The number of pyridine rings is 2. The van der Waals surface area contributed by atoms with Crippen molar-refractivity contribution in [3.8, 4) is 23.0 Å². The number of aromatic nitrogens is 3. The summed E-state index contributed by atoms with van der Waals surface area (Å²) in [6.07, 6.45) is 5.59. The zero-order chi connectivity index (χ0) is 20.9. The van der Waals surface area contributed by atoms with Crippen LogP contribution in [0.25, 0.3) is 22.2 Å². The summed E-state index contributed by atoms with van der Waals surface area (Å²) < 4.78 is 0. The second-order valence-corrected chi connectivity index (χ2v) is 8.80. The van der Waals surface area contributed by atoms with Gasteiger partial charge in [0.2, 0.25) is 0 Å². The van der Waals surface area contributed by atoms with E-state index in [0.29, 0.717) is 15.6 Å². The number of halogens is 2.